The molecule has 0 unspecified atom stereocenters. The smallest absolute Gasteiger partial charge is 0.337 e. The van der Waals surface area contributed by atoms with Gasteiger partial charge >= 0.3 is 5.97 Å². The Labute approximate surface area is 93.2 Å². The molecule has 0 aromatic heterocycles. The van der Waals surface area contributed by atoms with E-state index in [1.165, 1.54) is 12.1 Å². The van der Waals surface area contributed by atoms with Crippen LogP contribution in [0.4, 0.5) is 5.69 Å². The van der Waals surface area contributed by atoms with E-state index in [4.69, 9.17) is 10.8 Å². The summed E-state index contributed by atoms with van der Waals surface area (Å²) in [5, 5.41) is 8.73. The van der Waals surface area contributed by atoms with Crippen molar-refractivity contribution in [3.05, 3.63) is 23.8 Å². The highest BCUT2D eigenvalue weighted by molar-refractivity contribution is 7.90. The highest BCUT2D eigenvalue weighted by Gasteiger charge is 2.17. The van der Waals surface area contributed by atoms with Gasteiger partial charge in [0.2, 0.25) is 0 Å². The predicted octanol–water partition coefficient (Wildman–Crippen LogP) is 0.792. The van der Waals surface area contributed by atoms with Crippen molar-refractivity contribution < 1.29 is 18.3 Å². The lowest BCUT2D eigenvalue weighted by atomic mass is 10.2. The van der Waals surface area contributed by atoms with Crippen molar-refractivity contribution >= 4 is 33.9 Å². The number of anilines is 1. The number of carbonyl (C=O) groups is 1. The molecular formula is C8H10ClNO4S. The van der Waals surface area contributed by atoms with Crippen molar-refractivity contribution in [1.29, 1.82) is 0 Å². The van der Waals surface area contributed by atoms with Crippen molar-refractivity contribution in [1.82, 2.24) is 0 Å². The van der Waals surface area contributed by atoms with Gasteiger partial charge in [0.05, 0.1) is 10.5 Å². The molecule has 0 saturated carbocycles. The molecule has 0 atom stereocenters. The number of nitrogen functional groups attached to an aromatic ring is 1. The first-order valence-electron chi connectivity index (χ1n) is 3.65. The van der Waals surface area contributed by atoms with Crippen molar-refractivity contribution in [3.8, 4) is 0 Å². The molecule has 1 aromatic rings. The van der Waals surface area contributed by atoms with Crippen LogP contribution in [0.15, 0.2) is 23.1 Å². The lowest BCUT2D eigenvalue weighted by Gasteiger charge is -2.04. The van der Waals surface area contributed by atoms with E-state index in [-0.39, 0.29) is 28.6 Å². The molecule has 0 bridgehead atoms. The van der Waals surface area contributed by atoms with Gasteiger partial charge in [-0.3, -0.25) is 0 Å². The Bertz CT molecular complexity index is 483. The molecule has 0 saturated heterocycles. The van der Waals surface area contributed by atoms with Gasteiger partial charge in [0.25, 0.3) is 0 Å². The summed E-state index contributed by atoms with van der Waals surface area (Å²) in [4.78, 5) is 10.5. The molecule has 3 N–H and O–H groups in total. The number of hydrogen-bond donors (Lipinski definition) is 2. The number of hydrogen-bond acceptors (Lipinski definition) is 4. The van der Waals surface area contributed by atoms with Crippen LogP contribution in [0.3, 0.4) is 0 Å². The van der Waals surface area contributed by atoms with Crippen molar-refractivity contribution in [2.24, 2.45) is 0 Å². The largest absolute Gasteiger partial charge is 0.478 e. The number of sulfone groups is 1. The van der Waals surface area contributed by atoms with Gasteiger partial charge in [-0.1, -0.05) is 0 Å². The summed E-state index contributed by atoms with van der Waals surface area (Å²) < 4.78 is 22.3. The molecule has 84 valence electrons. The fraction of sp³-hybridized carbons (Fsp3) is 0.125. The van der Waals surface area contributed by atoms with Crippen LogP contribution >= 0.6 is 12.4 Å². The number of aromatic carboxylic acids is 1. The van der Waals surface area contributed by atoms with Gasteiger partial charge in [-0.15, -0.1) is 12.4 Å². The van der Waals surface area contributed by atoms with Crippen LogP contribution in [-0.4, -0.2) is 25.7 Å². The normalized spacial score (nSPS) is 10.5. The average Bonchev–Trinajstić information content (AvgIpc) is 2.01. The van der Waals surface area contributed by atoms with Gasteiger partial charge in [0.1, 0.15) is 0 Å². The van der Waals surface area contributed by atoms with Crippen molar-refractivity contribution in [3.63, 3.8) is 0 Å². The standard InChI is InChI=1S/C8H9NO4S.ClH/c1-14(12,13)7-3-2-5(9)4-6(7)8(10)11;/h2-4H,9H2,1H3,(H,10,11);1H. The van der Waals surface area contributed by atoms with Gasteiger partial charge in [-0.25, -0.2) is 13.2 Å². The molecule has 0 spiro atoms. The second-order valence-electron chi connectivity index (χ2n) is 2.83. The Hall–Kier alpha value is -1.27. The van der Waals surface area contributed by atoms with Crippen LogP contribution in [0, 0.1) is 0 Å². The first kappa shape index (κ1) is 13.7. The zero-order valence-electron chi connectivity index (χ0n) is 7.80. The molecule has 0 fully saturated rings. The van der Waals surface area contributed by atoms with Crippen molar-refractivity contribution in [2.45, 2.75) is 4.90 Å². The first-order valence-corrected chi connectivity index (χ1v) is 5.54. The zero-order chi connectivity index (χ0) is 10.9. The first-order chi connectivity index (χ1) is 6.32. The fourth-order valence-corrected chi connectivity index (χ4v) is 1.90. The molecule has 5 nitrogen and oxygen atoms in total. The van der Waals surface area contributed by atoms with Crippen LogP contribution in [0.1, 0.15) is 10.4 Å². The topological polar surface area (TPSA) is 97.5 Å². The Morgan fingerprint density at radius 1 is 1.40 bits per heavy atom. The minimum Gasteiger partial charge on any atom is -0.478 e. The van der Waals surface area contributed by atoms with Gasteiger partial charge in [0, 0.05) is 11.9 Å². The van der Waals surface area contributed by atoms with Gasteiger partial charge in [-0.2, -0.15) is 0 Å². The number of carboxylic acids is 1. The number of rotatable bonds is 2. The van der Waals surface area contributed by atoms with E-state index >= 15 is 0 Å². The summed E-state index contributed by atoms with van der Waals surface area (Å²) in [6, 6.07) is 3.66. The van der Waals surface area contributed by atoms with Gasteiger partial charge in [0.15, 0.2) is 9.84 Å². The molecule has 7 heteroatoms. The molecule has 0 aliphatic heterocycles. The molecule has 0 aliphatic carbocycles. The number of nitrogens with two attached hydrogens (primary N) is 1. The molecule has 0 aliphatic rings. The Kier molecular flexibility index (Phi) is 4.12. The second-order valence-corrected chi connectivity index (χ2v) is 4.82. The van der Waals surface area contributed by atoms with E-state index in [0.717, 1.165) is 12.3 Å². The molecule has 0 radical (unpaired) electrons. The summed E-state index contributed by atoms with van der Waals surface area (Å²) in [7, 11) is -3.53. The summed E-state index contributed by atoms with van der Waals surface area (Å²) in [5.74, 6) is -1.31. The van der Waals surface area contributed by atoms with Crippen LogP contribution in [0.2, 0.25) is 0 Å². The van der Waals surface area contributed by atoms with E-state index in [1.54, 1.807) is 0 Å². The van der Waals surface area contributed by atoms with E-state index < -0.39 is 15.8 Å². The SMILES string of the molecule is CS(=O)(=O)c1ccc(N)cc1C(=O)O.Cl. The van der Waals surface area contributed by atoms with Crippen LogP contribution in [0.25, 0.3) is 0 Å². The summed E-state index contributed by atoms with van der Waals surface area (Å²) in [6.45, 7) is 0. The summed E-state index contributed by atoms with van der Waals surface area (Å²) >= 11 is 0. The average molecular weight is 252 g/mol. The highest BCUT2D eigenvalue weighted by Crippen LogP contribution is 2.18. The molecule has 0 amide bonds. The Morgan fingerprint density at radius 3 is 2.33 bits per heavy atom. The third-order valence-electron chi connectivity index (χ3n) is 1.63. The minimum atomic E-state index is -3.53. The van der Waals surface area contributed by atoms with E-state index in [1.807, 2.05) is 0 Å². The van der Waals surface area contributed by atoms with E-state index in [0.29, 0.717) is 0 Å². The van der Waals surface area contributed by atoms with Crippen LogP contribution < -0.4 is 5.73 Å². The molecular weight excluding hydrogens is 242 g/mol. The molecule has 0 heterocycles. The Morgan fingerprint density at radius 2 is 1.93 bits per heavy atom. The maximum Gasteiger partial charge on any atom is 0.337 e. The van der Waals surface area contributed by atoms with E-state index in [9.17, 15) is 13.2 Å². The lowest BCUT2D eigenvalue weighted by molar-refractivity contribution is 0.0692. The third-order valence-corrected chi connectivity index (χ3v) is 2.79. The molecule has 1 aromatic carbocycles. The second kappa shape index (κ2) is 4.50. The minimum absolute atomic E-state index is 0. The zero-order valence-corrected chi connectivity index (χ0v) is 9.43. The predicted molar refractivity (Wildman–Crippen MR) is 58.2 cm³/mol. The Balaban J connectivity index is 0.00000196. The quantitative estimate of drug-likeness (QED) is 0.758. The summed E-state index contributed by atoms with van der Waals surface area (Å²) in [5.41, 5.74) is 5.27. The molecule has 1 rings (SSSR count). The van der Waals surface area contributed by atoms with Gasteiger partial charge in [-0.05, 0) is 18.2 Å². The maximum atomic E-state index is 11.2. The monoisotopic (exact) mass is 251 g/mol. The lowest BCUT2D eigenvalue weighted by Crippen LogP contribution is -2.08. The molecule has 15 heavy (non-hydrogen) atoms. The van der Waals surface area contributed by atoms with Crippen molar-refractivity contribution in [2.75, 3.05) is 12.0 Å². The van der Waals surface area contributed by atoms with Crippen LogP contribution in [0.5, 0.6) is 0 Å². The van der Waals surface area contributed by atoms with Gasteiger partial charge < -0.3 is 10.8 Å². The fourth-order valence-electron chi connectivity index (χ4n) is 1.04. The number of halogens is 1. The summed E-state index contributed by atoms with van der Waals surface area (Å²) in [6.07, 6.45) is 0.949. The highest BCUT2D eigenvalue weighted by atomic mass is 35.5. The third kappa shape index (κ3) is 3.10. The van der Waals surface area contributed by atoms with Crippen LogP contribution in [-0.2, 0) is 9.84 Å². The maximum absolute atomic E-state index is 11.2. The number of benzene rings is 1. The number of carboxylic acid groups (broad SMARTS) is 1. The van der Waals surface area contributed by atoms with E-state index in [2.05, 4.69) is 0 Å².